The van der Waals surface area contributed by atoms with Gasteiger partial charge < -0.3 is 10.2 Å². The van der Waals surface area contributed by atoms with Crippen molar-refractivity contribution in [3.8, 4) is 16.9 Å². The fraction of sp³-hybridized carbons (Fsp3) is 0.0667. The number of aryl methyl sites for hydroxylation is 2. The number of nitrogens with one attached hydrogen (secondary N) is 1. The quantitative estimate of drug-likeness (QED) is 0.234. The topological polar surface area (TPSA) is 115 Å². The second-order valence-electron chi connectivity index (χ2n) is 8.86. The Labute approximate surface area is 219 Å². The van der Waals surface area contributed by atoms with E-state index < -0.39 is 11.9 Å². The van der Waals surface area contributed by atoms with E-state index in [0.29, 0.717) is 22.5 Å². The maximum absolute atomic E-state index is 13.5. The summed E-state index contributed by atoms with van der Waals surface area (Å²) in [7, 11) is 0. The largest absolute Gasteiger partial charge is 0.505 e. The molecule has 4 aromatic rings. The number of para-hydroxylation sites is 1. The van der Waals surface area contributed by atoms with Gasteiger partial charge in [0.2, 0.25) is 0 Å². The van der Waals surface area contributed by atoms with Gasteiger partial charge >= 0.3 is 11.9 Å². The van der Waals surface area contributed by atoms with Crippen LogP contribution in [0.25, 0.3) is 11.1 Å². The summed E-state index contributed by atoms with van der Waals surface area (Å²) >= 11 is 0. The van der Waals surface area contributed by atoms with Crippen molar-refractivity contribution in [3.05, 3.63) is 113 Å². The third kappa shape index (κ3) is 4.62. The highest BCUT2D eigenvalue weighted by Gasteiger charge is 2.34. The maximum Gasteiger partial charge on any atom is 0.335 e. The van der Waals surface area contributed by atoms with E-state index in [4.69, 9.17) is 0 Å². The third-order valence-corrected chi connectivity index (χ3v) is 6.35. The van der Waals surface area contributed by atoms with E-state index in [1.54, 1.807) is 30.3 Å². The minimum atomic E-state index is -1.06. The standard InChI is InChI=1S/C30H24N4O4/c1-18-14-15-23(16-19(18)2)34-29(36)27(26(33-34)20-8-4-3-5-9-20)32-31-25-13-7-12-24(28(25)35)21-10-6-11-22(17-21)30(37)38/h3-17,31,35H,1-2H3,(H,37,38)/b32-27-. The van der Waals surface area contributed by atoms with Crippen molar-refractivity contribution in [2.24, 2.45) is 10.2 Å². The van der Waals surface area contributed by atoms with Crippen LogP contribution >= 0.6 is 0 Å². The molecule has 1 amide bonds. The monoisotopic (exact) mass is 504 g/mol. The number of carboxylic acid groups (broad SMARTS) is 1. The molecule has 188 valence electrons. The van der Waals surface area contributed by atoms with Crippen molar-refractivity contribution in [3.63, 3.8) is 0 Å². The van der Waals surface area contributed by atoms with Gasteiger partial charge in [-0.1, -0.05) is 60.7 Å². The molecule has 0 spiro atoms. The summed E-state index contributed by atoms with van der Waals surface area (Å²) in [5.74, 6) is -1.61. The van der Waals surface area contributed by atoms with Gasteiger partial charge in [-0.15, -0.1) is 0 Å². The molecule has 0 unspecified atom stereocenters. The molecule has 1 aliphatic heterocycles. The normalized spacial score (nSPS) is 14.1. The molecule has 4 aromatic carbocycles. The number of hydrogen-bond acceptors (Lipinski definition) is 6. The fourth-order valence-corrected chi connectivity index (χ4v) is 4.12. The Bertz CT molecular complexity index is 1630. The number of amides is 1. The zero-order valence-electron chi connectivity index (χ0n) is 20.7. The number of hydrogen-bond donors (Lipinski definition) is 3. The van der Waals surface area contributed by atoms with Crippen LogP contribution in [-0.2, 0) is 4.79 Å². The Morgan fingerprint density at radius 1 is 0.868 bits per heavy atom. The molecule has 0 radical (unpaired) electrons. The number of phenolic OH excluding ortho intramolecular Hbond substituents is 1. The Hall–Kier alpha value is -5.24. The van der Waals surface area contributed by atoms with Crippen molar-refractivity contribution >= 4 is 34.7 Å². The lowest BCUT2D eigenvalue weighted by Gasteiger charge is -2.13. The number of aromatic carboxylic acids is 1. The molecule has 0 aromatic heterocycles. The van der Waals surface area contributed by atoms with Gasteiger partial charge in [0.05, 0.1) is 16.9 Å². The van der Waals surface area contributed by atoms with Gasteiger partial charge in [-0.2, -0.15) is 15.2 Å². The lowest BCUT2D eigenvalue weighted by Crippen LogP contribution is -2.28. The van der Waals surface area contributed by atoms with Crippen molar-refractivity contribution in [1.29, 1.82) is 0 Å². The number of hydrazone groups is 2. The van der Waals surface area contributed by atoms with Crippen molar-refractivity contribution in [2.45, 2.75) is 13.8 Å². The molecule has 0 aliphatic carbocycles. The average Bonchev–Trinajstić information content (AvgIpc) is 3.26. The number of carboxylic acids is 1. The van der Waals surface area contributed by atoms with Crippen LogP contribution in [0.3, 0.4) is 0 Å². The Morgan fingerprint density at radius 3 is 2.34 bits per heavy atom. The van der Waals surface area contributed by atoms with E-state index >= 15 is 0 Å². The van der Waals surface area contributed by atoms with E-state index in [1.807, 2.05) is 62.4 Å². The second kappa shape index (κ2) is 10.0. The number of rotatable bonds is 6. The zero-order valence-corrected chi connectivity index (χ0v) is 20.7. The van der Waals surface area contributed by atoms with Crippen LogP contribution in [0, 0.1) is 13.8 Å². The van der Waals surface area contributed by atoms with Gasteiger partial charge in [-0.25, -0.2) is 4.79 Å². The van der Waals surface area contributed by atoms with E-state index in [0.717, 1.165) is 16.7 Å². The molecule has 1 aliphatic rings. The number of aromatic hydroxyl groups is 1. The van der Waals surface area contributed by atoms with Gasteiger partial charge in [0.25, 0.3) is 0 Å². The van der Waals surface area contributed by atoms with E-state index in [1.165, 1.54) is 17.1 Å². The van der Waals surface area contributed by atoms with Crippen molar-refractivity contribution in [1.82, 2.24) is 0 Å². The summed E-state index contributed by atoms with van der Waals surface area (Å²) in [4.78, 5) is 24.9. The molecule has 8 heteroatoms. The summed E-state index contributed by atoms with van der Waals surface area (Å²) in [5, 5.41) is 30.6. The summed E-state index contributed by atoms with van der Waals surface area (Å²) in [6, 6.07) is 26.2. The first-order valence-electron chi connectivity index (χ1n) is 11.9. The first-order chi connectivity index (χ1) is 18.3. The van der Waals surface area contributed by atoms with Gasteiger partial charge in [0, 0.05) is 11.1 Å². The zero-order chi connectivity index (χ0) is 26.8. The van der Waals surface area contributed by atoms with Crippen LogP contribution < -0.4 is 10.4 Å². The maximum atomic E-state index is 13.5. The van der Waals surface area contributed by atoms with Gasteiger partial charge in [0.1, 0.15) is 11.5 Å². The van der Waals surface area contributed by atoms with Crippen LogP contribution in [0.4, 0.5) is 11.4 Å². The van der Waals surface area contributed by atoms with Gasteiger partial charge in [0.15, 0.2) is 5.71 Å². The second-order valence-corrected chi connectivity index (χ2v) is 8.86. The number of carbonyl (C=O) groups is 2. The smallest absolute Gasteiger partial charge is 0.335 e. The van der Waals surface area contributed by atoms with Gasteiger partial charge in [-0.3, -0.25) is 10.2 Å². The lowest BCUT2D eigenvalue weighted by molar-refractivity contribution is -0.112. The number of phenols is 1. The predicted molar refractivity (Wildman–Crippen MR) is 148 cm³/mol. The SMILES string of the molecule is Cc1ccc(N2N=C(c3ccccc3)/C(=N/Nc3cccc(-c4cccc(C(=O)O)c4)c3O)C2=O)cc1C. The van der Waals surface area contributed by atoms with Crippen molar-refractivity contribution < 1.29 is 19.8 Å². The van der Waals surface area contributed by atoms with Crippen molar-refractivity contribution in [2.75, 3.05) is 10.4 Å². The van der Waals surface area contributed by atoms with Gasteiger partial charge in [-0.05, 0) is 60.9 Å². The lowest BCUT2D eigenvalue weighted by atomic mass is 10.0. The highest BCUT2D eigenvalue weighted by atomic mass is 16.4. The molecule has 0 fully saturated rings. The first kappa shape index (κ1) is 24.5. The summed E-state index contributed by atoms with van der Waals surface area (Å²) in [6.45, 7) is 3.97. The number of anilines is 2. The van der Waals surface area contributed by atoms with E-state index in [2.05, 4.69) is 15.6 Å². The summed E-state index contributed by atoms with van der Waals surface area (Å²) in [5.41, 5.74) is 8.09. The predicted octanol–water partition coefficient (Wildman–Crippen LogP) is 5.59. The molecule has 0 atom stereocenters. The van der Waals surface area contributed by atoms with Crippen LogP contribution in [0.15, 0.2) is 101 Å². The molecule has 0 saturated carbocycles. The van der Waals surface area contributed by atoms with Crippen LogP contribution in [0.2, 0.25) is 0 Å². The highest BCUT2D eigenvalue weighted by Crippen LogP contribution is 2.36. The molecular weight excluding hydrogens is 480 g/mol. The van der Waals surface area contributed by atoms with E-state index in [9.17, 15) is 19.8 Å². The van der Waals surface area contributed by atoms with Crippen LogP contribution in [-0.4, -0.2) is 33.5 Å². The molecular formula is C30H24N4O4. The van der Waals surface area contributed by atoms with Crippen LogP contribution in [0.5, 0.6) is 5.75 Å². The highest BCUT2D eigenvalue weighted by molar-refractivity contribution is 6.74. The molecule has 3 N–H and O–H groups in total. The summed E-state index contributed by atoms with van der Waals surface area (Å²) in [6.07, 6.45) is 0. The molecule has 1 heterocycles. The first-order valence-corrected chi connectivity index (χ1v) is 11.9. The summed E-state index contributed by atoms with van der Waals surface area (Å²) < 4.78 is 0. The number of carbonyl (C=O) groups excluding carboxylic acids is 1. The molecule has 38 heavy (non-hydrogen) atoms. The Kier molecular flexibility index (Phi) is 6.45. The number of benzene rings is 4. The molecule has 5 rings (SSSR count). The Balaban J connectivity index is 1.52. The minimum Gasteiger partial charge on any atom is -0.505 e. The Morgan fingerprint density at radius 2 is 1.61 bits per heavy atom. The average molecular weight is 505 g/mol. The number of nitrogens with zero attached hydrogens (tertiary/aromatic N) is 3. The molecule has 8 nitrogen and oxygen atoms in total. The minimum absolute atomic E-state index is 0.0899. The van der Waals surface area contributed by atoms with Crippen LogP contribution in [0.1, 0.15) is 27.0 Å². The molecule has 0 saturated heterocycles. The fourth-order valence-electron chi connectivity index (χ4n) is 4.12. The molecule has 0 bridgehead atoms. The third-order valence-electron chi connectivity index (χ3n) is 6.35. The van der Waals surface area contributed by atoms with E-state index in [-0.39, 0.29) is 22.7 Å².